The van der Waals surface area contributed by atoms with Crippen molar-refractivity contribution in [1.82, 2.24) is 4.57 Å². The molecule has 1 aromatic heterocycles. The molecule has 1 aromatic carbocycles. The standard InChI is InChI=1S/C20H24N2O2/c1-4-24-19-8-6-5-7-18(19)21-20(23)12-9-16-13-14(2)22(15(16)3)17-10-11-17/h5-9,12-13,17H,4,10-11H2,1-3H3,(H,21,23)/b12-9+. The Balaban J connectivity index is 1.71. The minimum Gasteiger partial charge on any atom is -0.492 e. The van der Waals surface area contributed by atoms with Crippen molar-refractivity contribution in [3.05, 3.63) is 53.4 Å². The first-order valence-electron chi connectivity index (χ1n) is 8.49. The minimum atomic E-state index is -0.154. The number of amides is 1. The third-order valence-corrected chi connectivity index (χ3v) is 4.29. The van der Waals surface area contributed by atoms with Crippen molar-refractivity contribution in [3.8, 4) is 5.75 Å². The fourth-order valence-corrected chi connectivity index (χ4v) is 3.06. The van der Waals surface area contributed by atoms with Gasteiger partial charge in [-0.05, 0) is 63.5 Å². The molecule has 2 aromatic rings. The summed E-state index contributed by atoms with van der Waals surface area (Å²) < 4.78 is 7.91. The molecule has 1 N–H and O–H groups in total. The molecule has 4 heteroatoms. The maximum absolute atomic E-state index is 12.2. The van der Waals surface area contributed by atoms with Gasteiger partial charge in [0.2, 0.25) is 5.91 Å². The van der Waals surface area contributed by atoms with Crippen LogP contribution < -0.4 is 10.1 Å². The van der Waals surface area contributed by atoms with Gasteiger partial charge in [0.25, 0.3) is 0 Å². The van der Waals surface area contributed by atoms with Gasteiger partial charge in [-0.3, -0.25) is 4.79 Å². The van der Waals surface area contributed by atoms with E-state index in [1.54, 1.807) is 6.08 Å². The molecule has 0 radical (unpaired) electrons. The fraction of sp³-hybridized carbons (Fsp3) is 0.350. The number of nitrogens with zero attached hydrogens (tertiary/aromatic N) is 1. The number of nitrogens with one attached hydrogen (secondary N) is 1. The van der Waals surface area contributed by atoms with Crippen molar-refractivity contribution in [1.29, 1.82) is 0 Å². The number of rotatable bonds is 6. The number of carbonyl (C=O) groups is 1. The lowest BCUT2D eigenvalue weighted by Crippen LogP contribution is -2.09. The number of ether oxygens (including phenoxy) is 1. The Bertz CT molecular complexity index is 770. The highest BCUT2D eigenvalue weighted by Crippen LogP contribution is 2.38. The van der Waals surface area contributed by atoms with Gasteiger partial charge in [-0.15, -0.1) is 0 Å². The van der Waals surface area contributed by atoms with E-state index in [2.05, 4.69) is 29.8 Å². The Labute approximate surface area is 143 Å². The second-order valence-electron chi connectivity index (χ2n) is 6.18. The van der Waals surface area contributed by atoms with E-state index in [0.29, 0.717) is 24.1 Å². The first-order valence-corrected chi connectivity index (χ1v) is 8.49. The molecule has 1 aliphatic rings. The minimum absolute atomic E-state index is 0.154. The zero-order valence-electron chi connectivity index (χ0n) is 14.5. The van der Waals surface area contributed by atoms with Crippen LogP contribution in [0, 0.1) is 13.8 Å². The van der Waals surface area contributed by atoms with Gasteiger partial charge in [-0.2, -0.15) is 0 Å². The van der Waals surface area contributed by atoms with Gasteiger partial charge in [0.05, 0.1) is 12.3 Å². The SMILES string of the molecule is CCOc1ccccc1NC(=O)/C=C/c1cc(C)n(C2CC2)c1C. The lowest BCUT2D eigenvalue weighted by atomic mass is 10.2. The molecule has 3 rings (SSSR count). The van der Waals surface area contributed by atoms with E-state index >= 15 is 0 Å². The molecule has 24 heavy (non-hydrogen) atoms. The lowest BCUT2D eigenvalue weighted by molar-refractivity contribution is -0.111. The smallest absolute Gasteiger partial charge is 0.248 e. The number of benzene rings is 1. The zero-order chi connectivity index (χ0) is 17.1. The van der Waals surface area contributed by atoms with Gasteiger partial charge in [0.15, 0.2) is 0 Å². The summed E-state index contributed by atoms with van der Waals surface area (Å²) in [5, 5.41) is 2.88. The van der Waals surface area contributed by atoms with Gasteiger partial charge in [0.1, 0.15) is 5.75 Å². The average Bonchev–Trinajstić information content (AvgIpc) is 3.34. The fourth-order valence-electron chi connectivity index (χ4n) is 3.06. The van der Waals surface area contributed by atoms with Crippen LogP contribution in [0.5, 0.6) is 5.75 Å². The molecule has 0 spiro atoms. The van der Waals surface area contributed by atoms with Gasteiger partial charge in [-0.1, -0.05) is 12.1 Å². The number of para-hydroxylation sites is 2. The molecule has 0 atom stereocenters. The summed E-state index contributed by atoms with van der Waals surface area (Å²) in [6.45, 7) is 6.73. The molecule has 0 bridgehead atoms. The Morgan fingerprint density at radius 3 is 2.79 bits per heavy atom. The molecule has 126 valence electrons. The van der Waals surface area contributed by atoms with Crippen molar-refractivity contribution < 1.29 is 9.53 Å². The summed E-state index contributed by atoms with van der Waals surface area (Å²) in [7, 11) is 0. The molecule has 0 aliphatic heterocycles. The summed E-state index contributed by atoms with van der Waals surface area (Å²) in [6, 6.07) is 10.3. The Hall–Kier alpha value is -2.49. The van der Waals surface area contributed by atoms with Gasteiger partial charge in [-0.25, -0.2) is 0 Å². The van der Waals surface area contributed by atoms with Crippen molar-refractivity contribution in [2.24, 2.45) is 0 Å². The van der Waals surface area contributed by atoms with Crippen LogP contribution in [0.1, 0.15) is 42.8 Å². The number of hydrogen-bond acceptors (Lipinski definition) is 2. The largest absolute Gasteiger partial charge is 0.492 e. The summed E-state index contributed by atoms with van der Waals surface area (Å²) in [5.74, 6) is 0.534. The highest BCUT2D eigenvalue weighted by molar-refractivity contribution is 6.02. The second kappa shape index (κ2) is 6.95. The molecule has 1 aliphatic carbocycles. The van der Waals surface area contributed by atoms with Crippen LogP contribution in [0.4, 0.5) is 5.69 Å². The van der Waals surface area contributed by atoms with E-state index in [0.717, 1.165) is 5.56 Å². The Kier molecular flexibility index (Phi) is 4.74. The van der Waals surface area contributed by atoms with E-state index in [4.69, 9.17) is 4.74 Å². The van der Waals surface area contributed by atoms with Gasteiger partial charge < -0.3 is 14.6 Å². The van der Waals surface area contributed by atoms with E-state index in [1.807, 2.05) is 37.3 Å². The molecular formula is C20H24N2O2. The zero-order valence-corrected chi connectivity index (χ0v) is 14.5. The quantitative estimate of drug-likeness (QED) is 0.796. The van der Waals surface area contributed by atoms with E-state index in [1.165, 1.54) is 24.2 Å². The van der Waals surface area contributed by atoms with Crippen LogP contribution in [-0.4, -0.2) is 17.1 Å². The normalized spacial score (nSPS) is 14.1. The molecule has 0 saturated heterocycles. The van der Waals surface area contributed by atoms with Crippen molar-refractivity contribution in [2.75, 3.05) is 11.9 Å². The van der Waals surface area contributed by atoms with Crippen LogP contribution >= 0.6 is 0 Å². The van der Waals surface area contributed by atoms with Crippen LogP contribution in [-0.2, 0) is 4.79 Å². The highest BCUT2D eigenvalue weighted by Gasteiger charge is 2.26. The number of aromatic nitrogens is 1. The monoisotopic (exact) mass is 324 g/mol. The van der Waals surface area contributed by atoms with E-state index in [-0.39, 0.29) is 5.91 Å². The summed E-state index contributed by atoms with van der Waals surface area (Å²) in [5.41, 5.74) is 4.29. The third kappa shape index (κ3) is 3.53. The number of hydrogen-bond donors (Lipinski definition) is 1. The molecule has 1 fully saturated rings. The average molecular weight is 324 g/mol. The topological polar surface area (TPSA) is 43.3 Å². The van der Waals surface area contributed by atoms with Crippen molar-refractivity contribution in [3.63, 3.8) is 0 Å². The van der Waals surface area contributed by atoms with E-state index < -0.39 is 0 Å². The molecule has 1 amide bonds. The Morgan fingerprint density at radius 1 is 1.33 bits per heavy atom. The second-order valence-corrected chi connectivity index (χ2v) is 6.18. The lowest BCUT2D eigenvalue weighted by Gasteiger charge is -2.09. The summed E-state index contributed by atoms with van der Waals surface area (Å²) in [4.78, 5) is 12.2. The molecule has 1 saturated carbocycles. The van der Waals surface area contributed by atoms with Gasteiger partial charge >= 0.3 is 0 Å². The van der Waals surface area contributed by atoms with Crippen LogP contribution in [0.25, 0.3) is 6.08 Å². The molecule has 0 unspecified atom stereocenters. The summed E-state index contributed by atoms with van der Waals surface area (Å²) >= 11 is 0. The third-order valence-electron chi connectivity index (χ3n) is 4.29. The first kappa shape index (κ1) is 16.4. The maximum atomic E-state index is 12.2. The number of carbonyl (C=O) groups excluding carboxylic acids is 1. The molecular weight excluding hydrogens is 300 g/mol. The first-order chi connectivity index (χ1) is 11.6. The van der Waals surface area contributed by atoms with Crippen LogP contribution in [0.3, 0.4) is 0 Å². The van der Waals surface area contributed by atoms with Crippen molar-refractivity contribution in [2.45, 2.75) is 39.7 Å². The number of aryl methyl sites for hydroxylation is 1. The predicted molar refractivity (Wildman–Crippen MR) is 97.5 cm³/mol. The molecule has 1 heterocycles. The number of anilines is 1. The van der Waals surface area contributed by atoms with Gasteiger partial charge in [0, 0.05) is 23.5 Å². The highest BCUT2D eigenvalue weighted by atomic mass is 16.5. The Morgan fingerprint density at radius 2 is 2.08 bits per heavy atom. The van der Waals surface area contributed by atoms with E-state index in [9.17, 15) is 4.79 Å². The van der Waals surface area contributed by atoms with Crippen molar-refractivity contribution >= 4 is 17.7 Å². The van der Waals surface area contributed by atoms with Crippen LogP contribution in [0.2, 0.25) is 0 Å². The maximum Gasteiger partial charge on any atom is 0.248 e. The summed E-state index contributed by atoms with van der Waals surface area (Å²) in [6.07, 6.45) is 5.99. The molecule has 4 nitrogen and oxygen atoms in total. The van der Waals surface area contributed by atoms with Crippen LogP contribution in [0.15, 0.2) is 36.4 Å². The predicted octanol–water partition coefficient (Wildman–Crippen LogP) is 4.49.